The first-order valence-electron chi connectivity index (χ1n) is 8.73. The van der Waals surface area contributed by atoms with E-state index >= 15 is 0 Å². The molecule has 0 spiro atoms. The van der Waals surface area contributed by atoms with E-state index in [0.717, 1.165) is 33.2 Å². The van der Waals surface area contributed by atoms with E-state index in [0.29, 0.717) is 10.6 Å². The number of benzene rings is 3. The SMILES string of the molecule is Cc1ccc(SC(=CC=Nc2ccc(Cl)cc2)c2ccc(C(F)(F)F)cc2)cc1. The normalized spacial score (nSPS) is 12.5. The van der Waals surface area contributed by atoms with Crippen LogP contribution in [0.15, 0.2) is 88.8 Å². The Morgan fingerprint density at radius 1 is 0.897 bits per heavy atom. The molecule has 6 heteroatoms. The van der Waals surface area contributed by atoms with Gasteiger partial charge < -0.3 is 0 Å². The summed E-state index contributed by atoms with van der Waals surface area (Å²) in [5.74, 6) is 0. The van der Waals surface area contributed by atoms with Gasteiger partial charge in [0.15, 0.2) is 0 Å². The molecule has 0 saturated carbocycles. The van der Waals surface area contributed by atoms with Crippen LogP contribution in [0.2, 0.25) is 5.02 Å². The quantitative estimate of drug-likeness (QED) is 0.293. The molecule has 0 aliphatic rings. The monoisotopic (exact) mass is 431 g/mol. The predicted molar refractivity (Wildman–Crippen MR) is 116 cm³/mol. The summed E-state index contributed by atoms with van der Waals surface area (Å²) in [5, 5.41) is 0.625. The smallest absolute Gasteiger partial charge is 0.257 e. The van der Waals surface area contributed by atoms with Crippen molar-refractivity contribution in [1.29, 1.82) is 0 Å². The molecule has 0 saturated heterocycles. The first kappa shape index (κ1) is 21.2. The van der Waals surface area contributed by atoms with Crippen molar-refractivity contribution < 1.29 is 13.2 Å². The molecule has 0 aromatic heterocycles. The molecule has 148 valence electrons. The van der Waals surface area contributed by atoms with Gasteiger partial charge in [0.05, 0.1) is 11.3 Å². The van der Waals surface area contributed by atoms with Crippen molar-refractivity contribution in [3.05, 3.63) is 101 Å². The minimum atomic E-state index is -4.36. The standard InChI is InChI=1S/C23H17ClF3NS/c1-16-2-12-21(13-3-16)29-22(14-15-28-20-10-8-19(24)9-11-20)17-4-6-18(7-5-17)23(25,26)27/h2-15H,1H3. The van der Waals surface area contributed by atoms with Crippen molar-refractivity contribution in [3.8, 4) is 0 Å². The fourth-order valence-electron chi connectivity index (χ4n) is 2.46. The maximum absolute atomic E-state index is 12.9. The van der Waals surface area contributed by atoms with Crippen LogP contribution in [0.1, 0.15) is 16.7 Å². The van der Waals surface area contributed by atoms with E-state index in [1.807, 2.05) is 31.2 Å². The summed E-state index contributed by atoms with van der Waals surface area (Å²) in [6.07, 6.45) is -0.929. The average Bonchev–Trinajstić information content (AvgIpc) is 2.70. The van der Waals surface area contributed by atoms with E-state index < -0.39 is 11.7 Å². The lowest BCUT2D eigenvalue weighted by Gasteiger charge is -2.10. The molecule has 0 radical (unpaired) electrons. The van der Waals surface area contributed by atoms with Crippen LogP contribution in [0.25, 0.3) is 4.91 Å². The second-order valence-corrected chi connectivity index (χ2v) is 7.83. The zero-order valence-electron chi connectivity index (χ0n) is 15.5. The molecule has 0 atom stereocenters. The molecule has 0 aliphatic heterocycles. The topological polar surface area (TPSA) is 12.4 Å². The van der Waals surface area contributed by atoms with E-state index in [-0.39, 0.29) is 0 Å². The summed E-state index contributed by atoms with van der Waals surface area (Å²) in [5.41, 5.74) is 1.89. The molecule has 3 aromatic carbocycles. The average molecular weight is 432 g/mol. The Morgan fingerprint density at radius 3 is 2.10 bits per heavy atom. The highest BCUT2D eigenvalue weighted by molar-refractivity contribution is 8.08. The third kappa shape index (κ3) is 6.24. The highest BCUT2D eigenvalue weighted by atomic mass is 35.5. The van der Waals surface area contributed by atoms with Crippen molar-refractivity contribution in [2.24, 2.45) is 4.99 Å². The van der Waals surface area contributed by atoms with E-state index in [9.17, 15) is 13.2 Å². The van der Waals surface area contributed by atoms with Crippen molar-refractivity contribution >= 4 is 40.2 Å². The number of halogens is 4. The Bertz CT molecular complexity index is 1010. The molecular weight excluding hydrogens is 415 g/mol. The van der Waals surface area contributed by atoms with Gasteiger partial charge >= 0.3 is 6.18 Å². The Balaban J connectivity index is 1.90. The van der Waals surface area contributed by atoms with E-state index in [1.54, 1.807) is 36.6 Å². The van der Waals surface area contributed by atoms with E-state index in [4.69, 9.17) is 11.6 Å². The van der Waals surface area contributed by atoms with Crippen LogP contribution in [-0.2, 0) is 6.18 Å². The van der Waals surface area contributed by atoms with Gasteiger partial charge in [0, 0.05) is 21.0 Å². The molecule has 0 unspecified atom stereocenters. The van der Waals surface area contributed by atoms with Crippen LogP contribution in [0, 0.1) is 6.92 Å². The van der Waals surface area contributed by atoms with E-state index in [2.05, 4.69) is 4.99 Å². The number of aryl methyl sites for hydroxylation is 1. The van der Waals surface area contributed by atoms with Crippen molar-refractivity contribution in [3.63, 3.8) is 0 Å². The van der Waals surface area contributed by atoms with Gasteiger partial charge in [-0.2, -0.15) is 13.2 Å². The number of thioether (sulfide) groups is 1. The van der Waals surface area contributed by atoms with Gasteiger partial charge in [-0.05, 0) is 67.1 Å². The van der Waals surface area contributed by atoms with Gasteiger partial charge in [-0.1, -0.05) is 53.2 Å². The lowest BCUT2D eigenvalue weighted by atomic mass is 10.1. The predicted octanol–water partition coefficient (Wildman–Crippen LogP) is 8.20. The number of rotatable bonds is 5. The lowest BCUT2D eigenvalue weighted by molar-refractivity contribution is -0.137. The summed E-state index contributed by atoms with van der Waals surface area (Å²) in [6.45, 7) is 2.00. The summed E-state index contributed by atoms with van der Waals surface area (Å²) in [6, 6.07) is 20.2. The maximum atomic E-state index is 12.9. The minimum Gasteiger partial charge on any atom is -0.257 e. The Hall–Kier alpha value is -2.50. The third-order valence-electron chi connectivity index (χ3n) is 4.02. The zero-order chi connectivity index (χ0) is 20.9. The second-order valence-electron chi connectivity index (χ2n) is 6.28. The van der Waals surface area contributed by atoms with Crippen LogP contribution in [0.4, 0.5) is 18.9 Å². The second kappa shape index (κ2) is 9.33. The highest BCUT2D eigenvalue weighted by Crippen LogP contribution is 2.36. The van der Waals surface area contributed by atoms with Gasteiger partial charge in [0.1, 0.15) is 0 Å². The molecule has 3 rings (SSSR count). The lowest BCUT2D eigenvalue weighted by Crippen LogP contribution is -2.04. The van der Waals surface area contributed by atoms with Crippen molar-refractivity contribution in [2.75, 3.05) is 0 Å². The van der Waals surface area contributed by atoms with Crippen LogP contribution in [0.5, 0.6) is 0 Å². The Labute approximate surface area is 176 Å². The van der Waals surface area contributed by atoms with Gasteiger partial charge in [-0.25, -0.2) is 0 Å². The molecule has 0 N–H and O–H groups in total. The summed E-state index contributed by atoms with van der Waals surface area (Å²) < 4.78 is 38.6. The van der Waals surface area contributed by atoms with Gasteiger partial charge in [-0.15, -0.1) is 0 Å². The van der Waals surface area contributed by atoms with Gasteiger partial charge in [0.25, 0.3) is 0 Å². The summed E-state index contributed by atoms with van der Waals surface area (Å²) in [7, 11) is 0. The Morgan fingerprint density at radius 2 is 1.52 bits per heavy atom. The first-order chi connectivity index (χ1) is 13.8. The first-order valence-corrected chi connectivity index (χ1v) is 9.93. The Kier molecular flexibility index (Phi) is 6.83. The fraction of sp³-hybridized carbons (Fsp3) is 0.0870. The molecule has 3 aromatic rings. The fourth-order valence-corrected chi connectivity index (χ4v) is 3.50. The van der Waals surface area contributed by atoms with Crippen LogP contribution >= 0.6 is 23.4 Å². The molecular formula is C23H17ClF3NS. The molecule has 29 heavy (non-hydrogen) atoms. The van der Waals surface area contributed by atoms with Gasteiger partial charge in [0.2, 0.25) is 0 Å². The van der Waals surface area contributed by atoms with Crippen LogP contribution in [-0.4, -0.2) is 6.21 Å². The number of hydrogen-bond acceptors (Lipinski definition) is 2. The number of nitrogens with zero attached hydrogens (tertiary/aromatic N) is 1. The van der Waals surface area contributed by atoms with Crippen molar-refractivity contribution in [1.82, 2.24) is 0 Å². The summed E-state index contributed by atoms with van der Waals surface area (Å²) in [4.78, 5) is 6.15. The van der Waals surface area contributed by atoms with E-state index in [1.165, 1.54) is 23.9 Å². The zero-order valence-corrected chi connectivity index (χ0v) is 17.0. The van der Waals surface area contributed by atoms with Crippen LogP contribution < -0.4 is 0 Å². The molecule has 0 amide bonds. The highest BCUT2D eigenvalue weighted by Gasteiger charge is 2.30. The number of aliphatic imine (C=N–C) groups is 1. The molecule has 0 aliphatic carbocycles. The van der Waals surface area contributed by atoms with Crippen molar-refractivity contribution in [2.45, 2.75) is 18.0 Å². The molecule has 0 fully saturated rings. The largest absolute Gasteiger partial charge is 0.416 e. The third-order valence-corrected chi connectivity index (χ3v) is 5.37. The van der Waals surface area contributed by atoms with Crippen LogP contribution in [0.3, 0.4) is 0 Å². The molecule has 1 nitrogen and oxygen atoms in total. The number of allylic oxidation sites excluding steroid dienone is 1. The molecule has 0 heterocycles. The molecule has 0 bridgehead atoms. The number of hydrogen-bond donors (Lipinski definition) is 0. The van der Waals surface area contributed by atoms with Gasteiger partial charge in [-0.3, -0.25) is 4.99 Å². The summed E-state index contributed by atoms with van der Waals surface area (Å²) >= 11 is 7.34. The number of alkyl halides is 3. The maximum Gasteiger partial charge on any atom is 0.416 e. The minimum absolute atomic E-state index is 0.625.